The van der Waals surface area contributed by atoms with Crippen LogP contribution in [-0.4, -0.2) is 53.3 Å². The van der Waals surface area contributed by atoms with E-state index in [0.29, 0.717) is 0 Å². The van der Waals surface area contributed by atoms with Gasteiger partial charge in [-0.2, -0.15) is 0 Å². The van der Waals surface area contributed by atoms with Gasteiger partial charge in [-0.3, -0.25) is 4.90 Å². The molecule has 0 spiro atoms. The van der Waals surface area contributed by atoms with Gasteiger partial charge in [0.2, 0.25) is 0 Å². The molecule has 6 nitrogen and oxygen atoms in total. The largest absolute Gasteiger partial charge is 0.494 e. The van der Waals surface area contributed by atoms with Crippen LogP contribution < -0.4 is 4.74 Å². The minimum Gasteiger partial charge on any atom is -0.494 e. The van der Waals surface area contributed by atoms with Crippen LogP contribution in [-0.2, 0) is 9.59 Å². The van der Waals surface area contributed by atoms with Gasteiger partial charge in [-0.15, -0.1) is 13.2 Å². The topological polar surface area (TPSA) is 87.1 Å². The Bertz CT molecular complexity index is 465. The monoisotopic (exact) mass is 321 g/mol. The second-order valence-electron chi connectivity index (χ2n) is 4.46. The van der Waals surface area contributed by atoms with E-state index in [9.17, 15) is 0 Å². The molecule has 1 rings (SSSR count). The predicted octanol–water partition coefficient (Wildman–Crippen LogP) is 2.29. The van der Waals surface area contributed by atoms with E-state index in [1.807, 2.05) is 42.5 Å². The van der Waals surface area contributed by atoms with E-state index in [1.165, 1.54) is 0 Å². The number of hydrogen-bond acceptors (Lipinski definition) is 4. The molecule has 1 aromatic carbocycles. The first kappa shape index (κ1) is 20.4. The van der Waals surface area contributed by atoms with E-state index in [0.717, 1.165) is 38.4 Å². The van der Waals surface area contributed by atoms with Crippen molar-refractivity contribution in [2.24, 2.45) is 0 Å². The van der Waals surface area contributed by atoms with Gasteiger partial charge in [0.15, 0.2) is 0 Å². The van der Waals surface area contributed by atoms with Crippen LogP contribution in [0.25, 0.3) is 0 Å². The highest BCUT2D eigenvalue weighted by Crippen LogP contribution is 2.08. The van der Waals surface area contributed by atoms with Crippen molar-refractivity contribution in [1.29, 1.82) is 0 Å². The second kappa shape index (κ2) is 13.1. The lowest BCUT2D eigenvalue weighted by atomic mass is 10.3. The Kier molecular flexibility index (Phi) is 11.6. The summed E-state index contributed by atoms with van der Waals surface area (Å²) in [5, 5.41) is 14.8. The normalized spacial score (nSPS) is 9.43. The van der Waals surface area contributed by atoms with Crippen LogP contribution in [0.2, 0.25) is 0 Å². The number of carboxylic acids is 2. The zero-order valence-electron chi connectivity index (χ0n) is 13.1. The van der Waals surface area contributed by atoms with E-state index < -0.39 is 11.9 Å². The molecule has 0 unspecified atom stereocenters. The molecule has 0 aliphatic carbocycles. The number of rotatable bonds is 9. The van der Waals surface area contributed by atoms with Crippen LogP contribution in [0.3, 0.4) is 0 Å². The highest BCUT2D eigenvalue weighted by molar-refractivity contribution is 6.27. The summed E-state index contributed by atoms with van der Waals surface area (Å²) in [5.74, 6) is -2.71. The fourth-order valence-corrected chi connectivity index (χ4v) is 1.62. The molecule has 0 saturated heterocycles. The maximum Gasteiger partial charge on any atom is 0.414 e. The Morgan fingerprint density at radius 2 is 1.57 bits per heavy atom. The van der Waals surface area contributed by atoms with Gasteiger partial charge < -0.3 is 14.9 Å². The third kappa shape index (κ3) is 11.7. The molecule has 0 aromatic heterocycles. The van der Waals surface area contributed by atoms with Crippen LogP contribution >= 0.6 is 0 Å². The highest BCUT2D eigenvalue weighted by atomic mass is 16.5. The second-order valence-corrected chi connectivity index (χ2v) is 4.46. The third-order valence-electron chi connectivity index (χ3n) is 2.59. The van der Waals surface area contributed by atoms with Gasteiger partial charge in [0.1, 0.15) is 5.75 Å². The van der Waals surface area contributed by atoms with Gasteiger partial charge >= 0.3 is 11.9 Å². The summed E-state index contributed by atoms with van der Waals surface area (Å²) in [6.07, 6.45) is 4.85. The Hall–Kier alpha value is -2.60. The molecule has 0 saturated carbocycles. The number of carbonyl (C=O) groups is 2. The van der Waals surface area contributed by atoms with E-state index in [4.69, 9.17) is 24.5 Å². The van der Waals surface area contributed by atoms with Crippen molar-refractivity contribution in [3.8, 4) is 5.75 Å². The summed E-state index contributed by atoms with van der Waals surface area (Å²) < 4.78 is 5.63. The van der Waals surface area contributed by atoms with Crippen molar-refractivity contribution in [2.45, 2.75) is 6.42 Å². The summed E-state index contributed by atoms with van der Waals surface area (Å²) in [4.78, 5) is 20.5. The van der Waals surface area contributed by atoms with Crippen LogP contribution in [0.4, 0.5) is 0 Å². The van der Waals surface area contributed by atoms with Gasteiger partial charge in [0.05, 0.1) is 6.61 Å². The first-order valence-electron chi connectivity index (χ1n) is 7.09. The molecular formula is C17H23NO5. The van der Waals surface area contributed by atoms with Crippen LogP contribution in [0.5, 0.6) is 5.75 Å². The van der Waals surface area contributed by atoms with Crippen molar-refractivity contribution in [3.63, 3.8) is 0 Å². The molecule has 23 heavy (non-hydrogen) atoms. The maximum atomic E-state index is 9.10. The highest BCUT2D eigenvalue weighted by Gasteiger charge is 2.04. The molecule has 0 amide bonds. The van der Waals surface area contributed by atoms with E-state index in [2.05, 4.69) is 18.1 Å². The number of para-hydroxylation sites is 1. The van der Waals surface area contributed by atoms with Crippen molar-refractivity contribution in [2.75, 3.05) is 26.2 Å². The van der Waals surface area contributed by atoms with E-state index in [1.54, 1.807) is 0 Å². The standard InChI is InChI=1S/C15H21NO.C2H2O4/c1-3-11-16(12-4-2)13-8-14-17-15-9-6-5-7-10-15;3-1(4)2(5)6/h3-7,9-10H,1-2,8,11-14H2;(H,3,4)(H,5,6). The summed E-state index contributed by atoms with van der Waals surface area (Å²) in [5.41, 5.74) is 0. The van der Waals surface area contributed by atoms with Crippen molar-refractivity contribution in [1.82, 2.24) is 4.90 Å². The Balaban J connectivity index is 0.000000688. The summed E-state index contributed by atoms with van der Waals surface area (Å²) >= 11 is 0. The van der Waals surface area contributed by atoms with Gasteiger partial charge in [0, 0.05) is 19.6 Å². The molecular weight excluding hydrogens is 298 g/mol. The zero-order valence-corrected chi connectivity index (χ0v) is 13.1. The average molecular weight is 321 g/mol. The molecule has 6 heteroatoms. The Morgan fingerprint density at radius 3 is 2.00 bits per heavy atom. The van der Waals surface area contributed by atoms with Gasteiger partial charge in [-0.05, 0) is 18.6 Å². The number of benzene rings is 1. The van der Waals surface area contributed by atoms with Crippen LogP contribution in [0.1, 0.15) is 6.42 Å². The summed E-state index contributed by atoms with van der Waals surface area (Å²) in [7, 11) is 0. The molecule has 2 N–H and O–H groups in total. The van der Waals surface area contributed by atoms with Crippen LogP contribution in [0.15, 0.2) is 55.6 Å². The number of ether oxygens (including phenoxy) is 1. The predicted molar refractivity (Wildman–Crippen MR) is 88.7 cm³/mol. The first-order chi connectivity index (χ1) is 11.0. The SMILES string of the molecule is C=CCN(CC=C)CCCOc1ccccc1.O=C(O)C(=O)O. The quantitative estimate of drug-likeness (QED) is 0.412. The first-order valence-corrected chi connectivity index (χ1v) is 7.09. The zero-order chi connectivity index (χ0) is 17.5. The molecule has 1 aromatic rings. The lowest BCUT2D eigenvalue weighted by Gasteiger charge is -2.18. The number of carboxylic acid groups (broad SMARTS) is 2. The molecule has 0 atom stereocenters. The molecule has 0 aliphatic rings. The average Bonchev–Trinajstić information content (AvgIpc) is 2.53. The minimum atomic E-state index is -1.82. The Morgan fingerprint density at radius 1 is 1.04 bits per heavy atom. The summed E-state index contributed by atoms with van der Waals surface area (Å²) in [6, 6.07) is 9.91. The van der Waals surface area contributed by atoms with E-state index >= 15 is 0 Å². The maximum absolute atomic E-state index is 9.10. The lowest BCUT2D eigenvalue weighted by molar-refractivity contribution is -0.159. The smallest absolute Gasteiger partial charge is 0.414 e. The minimum absolute atomic E-state index is 0.745. The molecule has 0 fully saturated rings. The Labute approximate surface area is 136 Å². The number of nitrogens with zero attached hydrogens (tertiary/aromatic N) is 1. The van der Waals surface area contributed by atoms with Crippen LogP contribution in [0, 0.1) is 0 Å². The fourth-order valence-electron chi connectivity index (χ4n) is 1.62. The number of hydrogen-bond donors (Lipinski definition) is 2. The lowest BCUT2D eigenvalue weighted by Crippen LogP contribution is -2.26. The van der Waals surface area contributed by atoms with Gasteiger partial charge in [-0.1, -0.05) is 30.4 Å². The molecule has 0 bridgehead atoms. The molecule has 0 radical (unpaired) electrons. The number of aliphatic carboxylic acids is 2. The third-order valence-corrected chi connectivity index (χ3v) is 2.59. The molecule has 126 valence electrons. The molecule has 0 aliphatic heterocycles. The molecule has 0 heterocycles. The summed E-state index contributed by atoms with van der Waals surface area (Å²) in [6.45, 7) is 11.1. The van der Waals surface area contributed by atoms with Crippen molar-refractivity contribution >= 4 is 11.9 Å². The van der Waals surface area contributed by atoms with E-state index in [-0.39, 0.29) is 0 Å². The van der Waals surface area contributed by atoms with Gasteiger partial charge in [0.25, 0.3) is 0 Å². The van der Waals surface area contributed by atoms with Crippen molar-refractivity contribution < 1.29 is 24.5 Å². The van der Waals surface area contributed by atoms with Gasteiger partial charge in [-0.25, -0.2) is 9.59 Å². The fraction of sp³-hybridized carbons (Fsp3) is 0.294. The van der Waals surface area contributed by atoms with Crippen molar-refractivity contribution in [3.05, 3.63) is 55.6 Å².